The summed E-state index contributed by atoms with van der Waals surface area (Å²) in [7, 11) is 0. The number of aromatic nitrogens is 1. The maximum atomic E-state index is 13.6. The fraction of sp³-hybridized carbons (Fsp3) is 0.429. The van der Waals surface area contributed by atoms with Crippen LogP contribution >= 0.6 is 11.3 Å². The van der Waals surface area contributed by atoms with Crippen LogP contribution in [-0.2, 0) is 4.79 Å². The van der Waals surface area contributed by atoms with Gasteiger partial charge >= 0.3 is 0 Å². The second-order valence-corrected chi connectivity index (χ2v) is 6.40. The number of benzene rings is 1. The van der Waals surface area contributed by atoms with Crippen LogP contribution < -0.4 is 11.1 Å². The Balaban J connectivity index is 1.78. The lowest BCUT2D eigenvalue weighted by atomic mass is 9.86. The van der Waals surface area contributed by atoms with Crippen molar-refractivity contribution in [1.82, 2.24) is 4.98 Å². The number of amides is 1. The van der Waals surface area contributed by atoms with E-state index < -0.39 is 11.6 Å². The fourth-order valence-electron chi connectivity index (χ4n) is 2.68. The third kappa shape index (κ3) is 3.03. The summed E-state index contributed by atoms with van der Waals surface area (Å²) in [5, 5.41) is 2.98. The smallest absolute Gasteiger partial charge is 0.229 e. The highest BCUT2D eigenvalue weighted by Gasteiger charge is 2.26. The number of nitrogens with two attached hydrogens (primary N) is 1. The number of anilines is 1. The molecule has 1 heterocycles. The van der Waals surface area contributed by atoms with Crippen LogP contribution in [-0.4, -0.2) is 16.9 Å². The average Bonchev–Trinajstić information content (AvgIpc) is 2.81. The van der Waals surface area contributed by atoms with Crippen LogP contribution in [0.1, 0.15) is 25.7 Å². The van der Waals surface area contributed by atoms with Crippen LogP contribution in [0.25, 0.3) is 10.2 Å². The number of fused-ring (bicyclic) bond motifs is 1. The van der Waals surface area contributed by atoms with Gasteiger partial charge in [-0.25, -0.2) is 13.8 Å². The lowest BCUT2D eigenvalue weighted by Gasteiger charge is -2.25. The van der Waals surface area contributed by atoms with E-state index in [1.165, 1.54) is 6.07 Å². The molecule has 0 radical (unpaired) electrons. The SMILES string of the molecule is N[C@H]1CCC[C@H](C(=O)Nc2nc3c(F)cc(F)cc3s2)C1. The number of thiazole rings is 1. The van der Waals surface area contributed by atoms with Gasteiger partial charge in [-0.2, -0.15) is 0 Å². The molecule has 2 atom stereocenters. The van der Waals surface area contributed by atoms with Crippen molar-refractivity contribution in [2.45, 2.75) is 31.7 Å². The number of nitrogens with zero attached hydrogens (tertiary/aromatic N) is 1. The summed E-state index contributed by atoms with van der Waals surface area (Å²) in [6.45, 7) is 0. The summed E-state index contributed by atoms with van der Waals surface area (Å²) in [4.78, 5) is 16.2. The molecule has 0 aliphatic heterocycles. The second-order valence-electron chi connectivity index (χ2n) is 5.37. The van der Waals surface area contributed by atoms with E-state index >= 15 is 0 Å². The maximum absolute atomic E-state index is 13.6. The molecule has 1 saturated carbocycles. The third-order valence-corrected chi connectivity index (χ3v) is 4.65. The van der Waals surface area contributed by atoms with Gasteiger partial charge in [-0.05, 0) is 25.3 Å². The summed E-state index contributed by atoms with van der Waals surface area (Å²) in [6.07, 6.45) is 3.32. The van der Waals surface area contributed by atoms with E-state index in [1.807, 2.05) is 0 Å². The van der Waals surface area contributed by atoms with Gasteiger partial charge in [-0.15, -0.1) is 0 Å². The molecule has 0 saturated heterocycles. The first-order chi connectivity index (χ1) is 10.0. The fourth-order valence-corrected chi connectivity index (χ4v) is 3.59. The van der Waals surface area contributed by atoms with Crippen molar-refractivity contribution < 1.29 is 13.6 Å². The van der Waals surface area contributed by atoms with E-state index in [0.717, 1.165) is 36.7 Å². The van der Waals surface area contributed by atoms with E-state index in [0.29, 0.717) is 16.3 Å². The molecule has 0 bridgehead atoms. The number of nitrogens with one attached hydrogen (secondary N) is 1. The molecule has 4 nitrogen and oxygen atoms in total. The summed E-state index contributed by atoms with van der Waals surface area (Å²) in [5.74, 6) is -1.66. The predicted octanol–water partition coefficient (Wildman–Crippen LogP) is 3.03. The van der Waals surface area contributed by atoms with Crippen LogP contribution in [0.15, 0.2) is 12.1 Å². The van der Waals surface area contributed by atoms with Crippen LogP contribution in [0.5, 0.6) is 0 Å². The first-order valence-electron chi connectivity index (χ1n) is 6.85. The Labute approximate surface area is 124 Å². The lowest BCUT2D eigenvalue weighted by Crippen LogP contribution is -2.34. The minimum Gasteiger partial charge on any atom is -0.328 e. The number of halogens is 2. The van der Waals surface area contributed by atoms with Crippen molar-refractivity contribution in [2.24, 2.45) is 11.7 Å². The number of carbonyl (C=O) groups excluding carboxylic acids is 1. The molecule has 1 fully saturated rings. The van der Waals surface area contributed by atoms with Gasteiger partial charge in [0.05, 0.1) is 4.70 Å². The Kier molecular flexibility index (Phi) is 3.86. The van der Waals surface area contributed by atoms with Crippen LogP contribution in [0.4, 0.5) is 13.9 Å². The van der Waals surface area contributed by atoms with E-state index in [9.17, 15) is 13.6 Å². The molecule has 2 aromatic rings. The molecular weight excluding hydrogens is 296 g/mol. The van der Waals surface area contributed by atoms with E-state index in [2.05, 4.69) is 10.3 Å². The third-order valence-electron chi connectivity index (χ3n) is 3.73. The predicted molar refractivity (Wildman–Crippen MR) is 78.1 cm³/mol. The molecule has 1 aromatic heterocycles. The summed E-state index contributed by atoms with van der Waals surface area (Å²) >= 11 is 1.06. The quantitative estimate of drug-likeness (QED) is 0.896. The van der Waals surface area contributed by atoms with Gasteiger partial charge in [-0.3, -0.25) is 4.79 Å². The number of carbonyl (C=O) groups is 1. The van der Waals surface area contributed by atoms with Gasteiger partial charge in [0.2, 0.25) is 5.91 Å². The summed E-state index contributed by atoms with van der Waals surface area (Å²) < 4.78 is 27.1. The van der Waals surface area contributed by atoms with Crippen molar-refractivity contribution in [3.05, 3.63) is 23.8 Å². The van der Waals surface area contributed by atoms with E-state index in [-0.39, 0.29) is 23.4 Å². The first-order valence-corrected chi connectivity index (χ1v) is 7.66. The molecule has 1 aromatic carbocycles. The molecule has 1 amide bonds. The summed E-state index contributed by atoms with van der Waals surface area (Å²) in [5.41, 5.74) is 5.95. The van der Waals surface area contributed by atoms with Gasteiger partial charge < -0.3 is 11.1 Å². The monoisotopic (exact) mass is 311 g/mol. The Morgan fingerprint density at radius 3 is 2.95 bits per heavy atom. The molecule has 7 heteroatoms. The van der Waals surface area contributed by atoms with Crippen molar-refractivity contribution >= 4 is 32.6 Å². The van der Waals surface area contributed by atoms with Crippen molar-refractivity contribution in [3.8, 4) is 0 Å². The van der Waals surface area contributed by atoms with Crippen molar-refractivity contribution in [2.75, 3.05) is 5.32 Å². The van der Waals surface area contributed by atoms with E-state index in [1.54, 1.807) is 0 Å². The Bertz CT molecular complexity index is 688. The second kappa shape index (κ2) is 5.65. The van der Waals surface area contributed by atoms with Gasteiger partial charge in [0.25, 0.3) is 0 Å². The minimum atomic E-state index is -0.721. The standard InChI is InChI=1S/C14H15F2N3OS/c15-8-5-10(16)12-11(6-8)21-14(18-12)19-13(20)7-2-1-3-9(17)4-7/h5-7,9H,1-4,17H2,(H,18,19,20)/t7-,9-/m0/s1. The molecule has 112 valence electrons. The van der Waals surface area contributed by atoms with Gasteiger partial charge in [0.1, 0.15) is 11.3 Å². The Hall–Kier alpha value is -1.60. The van der Waals surface area contributed by atoms with Crippen molar-refractivity contribution in [3.63, 3.8) is 0 Å². The molecule has 0 unspecified atom stereocenters. The van der Waals surface area contributed by atoms with Gasteiger partial charge in [0, 0.05) is 18.0 Å². The topological polar surface area (TPSA) is 68.0 Å². The molecular formula is C14H15F2N3OS. The van der Waals surface area contributed by atoms with Crippen LogP contribution in [0, 0.1) is 17.6 Å². The number of rotatable bonds is 2. The normalized spacial score (nSPS) is 22.4. The van der Waals surface area contributed by atoms with Crippen LogP contribution in [0.3, 0.4) is 0 Å². The van der Waals surface area contributed by atoms with Crippen molar-refractivity contribution in [1.29, 1.82) is 0 Å². The Morgan fingerprint density at radius 2 is 2.19 bits per heavy atom. The Morgan fingerprint density at radius 1 is 1.38 bits per heavy atom. The molecule has 3 rings (SSSR count). The lowest BCUT2D eigenvalue weighted by molar-refractivity contribution is -0.120. The molecule has 1 aliphatic carbocycles. The average molecular weight is 311 g/mol. The van der Waals surface area contributed by atoms with E-state index in [4.69, 9.17) is 5.73 Å². The largest absolute Gasteiger partial charge is 0.328 e. The molecule has 1 aliphatic rings. The molecule has 3 N–H and O–H groups in total. The highest BCUT2D eigenvalue weighted by molar-refractivity contribution is 7.22. The number of hydrogen-bond donors (Lipinski definition) is 2. The van der Waals surface area contributed by atoms with Gasteiger partial charge in [-0.1, -0.05) is 17.8 Å². The van der Waals surface area contributed by atoms with Gasteiger partial charge in [0.15, 0.2) is 10.9 Å². The molecule has 0 spiro atoms. The number of hydrogen-bond acceptors (Lipinski definition) is 4. The highest BCUT2D eigenvalue weighted by Crippen LogP contribution is 2.30. The molecule has 21 heavy (non-hydrogen) atoms. The first kappa shape index (κ1) is 14.3. The summed E-state index contributed by atoms with van der Waals surface area (Å²) in [6, 6.07) is 2.05. The maximum Gasteiger partial charge on any atom is 0.229 e. The zero-order valence-electron chi connectivity index (χ0n) is 11.2. The van der Waals surface area contributed by atoms with Crippen LogP contribution in [0.2, 0.25) is 0 Å². The zero-order chi connectivity index (χ0) is 15.0. The highest BCUT2D eigenvalue weighted by atomic mass is 32.1. The zero-order valence-corrected chi connectivity index (χ0v) is 12.1. The minimum absolute atomic E-state index is 0.0522.